The number of hydrogen-bond donors (Lipinski definition) is 0. The maximum absolute atomic E-state index is 4.41. The second kappa shape index (κ2) is 3.81. The van der Waals surface area contributed by atoms with Crippen LogP contribution < -0.4 is 0 Å². The summed E-state index contributed by atoms with van der Waals surface area (Å²) < 4.78 is 0. The molecule has 2 heteroatoms. The zero-order valence-electron chi connectivity index (χ0n) is 9.01. The van der Waals surface area contributed by atoms with Gasteiger partial charge in [-0.25, -0.2) is 9.98 Å². The lowest BCUT2D eigenvalue weighted by Gasteiger charge is -2.10. The summed E-state index contributed by atoms with van der Waals surface area (Å²) in [6.45, 7) is 4.22. The number of hydrogen-bond acceptors (Lipinski definition) is 2. The summed E-state index contributed by atoms with van der Waals surface area (Å²) >= 11 is 0. The molecule has 2 rings (SSSR count). The highest BCUT2D eigenvalue weighted by Crippen LogP contribution is 2.17. The van der Waals surface area contributed by atoms with Crippen LogP contribution in [0.25, 0.3) is 0 Å². The fraction of sp³-hybridized carbons (Fsp3) is 0.231. The minimum atomic E-state index is -0.0139. The molecule has 0 aromatic heterocycles. The van der Waals surface area contributed by atoms with Gasteiger partial charge in [0.25, 0.3) is 0 Å². The first-order chi connectivity index (χ1) is 7.17. The average molecular weight is 198 g/mol. The molecule has 15 heavy (non-hydrogen) atoms. The molecule has 0 saturated heterocycles. The van der Waals surface area contributed by atoms with Crippen LogP contribution >= 0.6 is 0 Å². The van der Waals surface area contributed by atoms with E-state index in [1.807, 2.05) is 48.8 Å². The molecule has 1 heterocycles. The molecule has 0 bridgehead atoms. The highest BCUT2D eigenvalue weighted by atomic mass is 14.9. The Kier molecular flexibility index (Phi) is 2.50. The quantitative estimate of drug-likeness (QED) is 0.662. The molecule has 1 aromatic rings. The molecule has 0 spiro atoms. The van der Waals surface area contributed by atoms with Crippen molar-refractivity contribution in [3.63, 3.8) is 0 Å². The van der Waals surface area contributed by atoms with E-state index in [-0.39, 0.29) is 5.41 Å². The van der Waals surface area contributed by atoms with Crippen LogP contribution in [0.2, 0.25) is 0 Å². The number of rotatable bonds is 1. The highest BCUT2D eigenvalue weighted by Gasteiger charge is 2.12. The highest BCUT2D eigenvalue weighted by molar-refractivity contribution is 6.04. The number of allylic oxidation sites excluding steroid dienone is 1. The van der Waals surface area contributed by atoms with Gasteiger partial charge in [-0.15, -0.1) is 0 Å². The van der Waals surface area contributed by atoms with Gasteiger partial charge >= 0.3 is 0 Å². The molecule has 0 amide bonds. The van der Waals surface area contributed by atoms with Crippen molar-refractivity contribution in [2.75, 3.05) is 0 Å². The Morgan fingerprint density at radius 3 is 2.53 bits per heavy atom. The average Bonchev–Trinajstić information content (AvgIpc) is 2.41. The van der Waals surface area contributed by atoms with Gasteiger partial charge in [0, 0.05) is 23.4 Å². The second-order valence-corrected chi connectivity index (χ2v) is 4.21. The van der Waals surface area contributed by atoms with Crippen LogP contribution in [0.4, 0.5) is 0 Å². The van der Waals surface area contributed by atoms with Gasteiger partial charge in [-0.2, -0.15) is 0 Å². The molecule has 0 fully saturated rings. The van der Waals surface area contributed by atoms with Gasteiger partial charge in [-0.1, -0.05) is 50.3 Å². The molecule has 0 unspecified atom stereocenters. The summed E-state index contributed by atoms with van der Waals surface area (Å²) in [5, 5.41) is 0. The molecule has 1 aliphatic heterocycles. The first-order valence-corrected chi connectivity index (χ1v) is 5.03. The van der Waals surface area contributed by atoms with Crippen molar-refractivity contribution < 1.29 is 0 Å². The van der Waals surface area contributed by atoms with Gasteiger partial charge in [-0.05, 0) is 0 Å². The summed E-state index contributed by atoms with van der Waals surface area (Å²) in [6, 6.07) is 10.0. The maximum atomic E-state index is 4.41. The van der Waals surface area contributed by atoms with Gasteiger partial charge in [0.1, 0.15) is 0 Å². The van der Waals surface area contributed by atoms with Crippen molar-refractivity contribution >= 4 is 12.1 Å². The second-order valence-electron chi connectivity index (χ2n) is 4.21. The summed E-state index contributed by atoms with van der Waals surface area (Å²) in [6.07, 6.45) is 5.81. The van der Waals surface area contributed by atoms with E-state index in [1.54, 1.807) is 0 Å². The molecule has 1 aromatic carbocycles. The van der Waals surface area contributed by atoms with E-state index in [4.69, 9.17) is 0 Å². The fourth-order valence-corrected chi connectivity index (χ4v) is 1.34. The third-order valence-corrected chi connectivity index (χ3v) is 2.25. The van der Waals surface area contributed by atoms with Crippen molar-refractivity contribution in [3.05, 3.63) is 48.2 Å². The van der Waals surface area contributed by atoms with Crippen LogP contribution in [-0.4, -0.2) is 12.1 Å². The third kappa shape index (κ3) is 2.40. The van der Waals surface area contributed by atoms with Crippen molar-refractivity contribution in [2.45, 2.75) is 13.8 Å². The largest absolute Gasteiger partial charge is 0.240 e. The number of nitrogens with zero attached hydrogens (tertiary/aromatic N) is 2. The van der Waals surface area contributed by atoms with Gasteiger partial charge in [0.05, 0.1) is 0 Å². The smallest absolute Gasteiger partial charge is 0.158 e. The lowest BCUT2D eigenvalue weighted by Crippen LogP contribution is -2.08. The van der Waals surface area contributed by atoms with Crippen LogP contribution in [0.5, 0.6) is 0 Å². The Morgan fingerprint density at radius 1 is 1.07 bits per heavy atom. The van der Waals surface area contributed by atoms with E-state index >= 15 is 0 Å². The van der Waals surface area contributed by atoms with Crippen molar-refractivity contribution in [3.8, 4) is 0 Å². The van der Waals surface area contributed by atoms with E-state index in [0.717, 1.165) is 11.4 Å². The number of amidine groups is 1. The van der Waals surface area contributed by atoms with E-state index in [2.05, 4.69) is 23.8 Å². The van der Waals surface area contributed by atoms with Crippen LogP contribution in [0, 0.1) is 5.41 Å². The van der Waals surface area contributed by atoms with Crippen LogP contribution in [0.1, 0.15) is 19.4 Å². The van der Waals surface area contributed by atoms with Crippen molar-refractivity contribution in [1.82, 2.24) is 0 Å². The number of benzene rings is 1. The molecule has 0 saturated carbocycles. The Balaban J connectivity index is 2.34. The first kappa shape index (κ1) is 9.84. The molecular formula is C13H14N2. The molecule has 0 radical (unpaired) electrons. The standard InChI is InChI=1S/C13H14N2/c1-13(2)8-9-14-12(15-10-13)11-6-4-3-5-7-11/h3-10H,1-2H3. The SMILES string of the molecule is CC1(C)C=CN=C(c2ccccc2)N=C1. The normalized spacial score (nSPS) is 18.4. The predicted molar refractivity (Wildman–Crippen MR) is 64.4 cm³/mol. The third-order valence-electron chi connectivity index (χ3n) is 2.25. The number of aliphatic imine (C=N–C) groups is 2. The zero-order valence-corrected chi connectivity index (χ0v) is 9.01. The molecule has 2 nitrogen and oxygen atoms in total. The summed E-state index contributed by atoms with van der Waals surface area (Å²) in [5.41, 5.74) is 1.04. The Hall–Kier alpha value is -1.70. The first-order valence-electron chi connectivity index (χ1n) is 5.03. The summed E-state index contributed by atoms with van der Waals surface area (Å²) in [7, 11) is 0. The van der Waals surface area contributed by atoms with Gasteiger partial charge in [-0.3, -0.25) is 0 Å². The minimum Gasteiger partial charge on any atom is -0.240 e. The lowest BCUT2D eigenvalue weighted by molar-refractivity contribution is 0.695. The maximum Gasteiger partial charge on any atom is 0.158 e. The van der Waals surface area contributed by atoms with Gasteiger partial charge in [0.2, 0.25) is 0 Å². The molecule has 76 valence electrons. The predicted octanol–water partition coefficient (Wildman–Crippen LogP) is 3.06. The monoisotopic (exact) mass is 198 g/mol. The summed E-state index contributed by atoms with van der Waals surface area (Å²) in [5.74, 6) is 0.775. The van der Waals surface area contributed by atoms with E-state index in [9.17, 15) is 0 Å². The molecule has 1 aliphatic rings. The molecule has 0 aliphatic carbocycles. The Bertz CT molecular complexity index is 425. The zero-order chi connectivity index (χ0) is 10.7. The lowest BCUT2D eigenvalue weighted by atomic mass is 9.96. The van der Waals surface area contributed by atoms with E-state index in [0.29, 0.717) is 0 Å². The Morgan fingerprint density at radius 2 is 1.80 bits per heavy atom. The van der Waals surface area contributed by atoms with E-state index < -0.39 is 0 Å². The summed E-state index contributed by atoms with van der Waals surface area (Å²) in [4.78, 5) is 8.74. The molecule has 0 N–H and O–H groups in total. The van der Waals surface area contributed by atoms with Gasteiger partial charge in [0.15, 0.2) is 5.84 Å². The Labute approximate surface area is 90.1 Å². The van der Waals surface area contributed by atoms with E-state index in [1.165, 1.54) is 0 Å². The molecular weight excluding hydrogens is 184 g/mol. The van der Waals surface area contributed by atoms with Crippen LogP contribution in [-0.2, 0) is 0 Å². The van der Waals surface area contributed by atoms with Gasteiger partial charge < -0.3 is 0 Å². The minimum absolute atomic E-state index is 0.0139. The van der Waals surface area contributed by atoms with Crippen LogP contribution in [0.3, 0.4) is 0 Å². The van der Waals surface area contributed by atoms with Crippen molar-refractivity contribution in [2.24, 2.45) is 15.4 Å². The fourth-order valence-electron chi connectivity index (χ4n) is 1.34. The van der Waals surface area contributed by atoms with Crippen molar-refractivity contribution in [1.29, 1.82) is 0 Å². The van der Waals surface area contributed by atoms with Crippen LogP contribution in [0.15, 0.2) is 52.6 Å². The topological polar surface area (TPSA) is 24.7 Å². The molecule has 0 atom stereocenters.